The first kappa shape index (κ1) is 27.8. The molecule has 0 aliphatic rings. The van der Waals surface area contributed by atoms with Gasteiger partial charge in [0.2, 0.25) is 0 Å². The number of hydrogen-bond acceptors (Lipinski definition) is 4. The topological polar surface area (TPSA) is 59.0 Å². The molecule has 2 atom stereocenters. The molecular formula is C28H41NO4Si. The van der Waals surface area contributed by atoms with Crippen LogP contribution in [0.25, 0.3) is 0 Å². The molecule has 1 amide bonds. The molecule has 6 heteroatoms. The highest BCUT2D eigenvalue weighted by atomic mass is 28.4. The number of carbonyl (C=O) groups is 1. The maximum atomic E-state index is 12.6. The van der Waals surface area contributed by atoms with Gasteiger partial charge in [0.15, 0.2) is 0 Å². The summed E-state index contributed by atoms with van der Waals surface area (Å²) in [5.41, 5.74) is -0.594. The molecule has 2 aromatic rings. The van der Waals surface area contributed by atoms with Crippen molar-refractivity contribution in [1.82, 2.24) is 4.90 Å². The zero-order valence-electron chi connectivity index (χ0n) is 21.7. The molecule has 0 saturated carbocycles. The van der Waals surface area contributed by atoms with Gasteiger partial charge in [-0.25, -0.2) is 4.79 Å². The molecule has 2 rings (SSSR count). The molecule has 0 radical (unpaired) electrons. The molecule has 5 nitrogen and oxygen atoms in total. The molecule has 0 saturated heterocycles. The number of rotatable bonds is 9. The van der Waals surface area contributed by atoms with Gasteiger partial charge < -0.3 is 19.2 Å². The highest BCUT2D eigenvalue weighted by molar-refractivity contribution is 6.99. The largest absolute Gasteiger partial charge is 0.444 e. The van der Waals surface area contributed by atoms with E-state index in [1.54, 1.807) is 13.1 Å². The van der Waals surface area contributed by atoms with E-state index in [9.17, 15) is 9.90 Å². The summed E-state index contributed by atoms with van der Waals surface area (Å²) in [6.45, 7) is 16.3. The van der Waals surface area contributed by atoms with Crippen molar-refractivity contribution < 1.29 is 19.1 Å². The summed E-state index contributed by atoms with van der Waals surface area (Å²) in [5.74, 6) is -0.364. The highest BCUT2D eigenvalue weighted by Crippen LogP contribution is 2.38. The van der Waals surface area contributed by atoms with Crippen LogP contribution < -0.4 is 10.4 Å². The Kier molecular flexibility index (Phi) is 9.28. The van der Waals surface area contributed by atoms with Crippen LogP contribution in [-0.2, 0) is 9.16 Å². The number of carbonyl (C=O) groups excluding carboxylic acids is 1. The molecule has 0 aliphatic carbocycles. The summed E-state index contributed by atoms with van der Waals surface area (Å²) in [5, 5.41) is 12.4. The van der Waals surface area contributed by atoms with Crippen molar-refractivity contribution in [2.45, 2.75) is 58.3 Å². The second-order valence-corrected chi connectivity index (χ2v) is 15.0. The normalized spacial score (nSPS) is 14.2. The smallest absolute Gasteiger partial charge is 0.410 e. The molecule has 2 aromatic carbocycles. The number of benzene rings is 2. The number of aliphatic hydroxyl groups is 1. The zero-order chi connectivity index (χ0) is 25.6. The number of amides is 1. The lowest BCUT2D eigenvalue weighted by Crippen LogP contribution is -2.68. The summed E-state index contributed by atoms with van der Waals surface area (Å²) in [4.78, 5) is 14.1. The minimum atomic E-state index is -2.85. The summed E-state index contributed by atoms with van der Waals surface area (Å²) in [6.07, 6.45) is 0.851. The van der Waals surface area contributed by atoms with E-state index < -0.39 is 26.1 Å². The molecule has 0 spiro atoms. The Labute approximate surface area is 206 Å². The maximum absolute atomic E-state index is 12.6. The quantitative estimate of drug-likeness (QED) is 0.419. The molecule has 0 fully saturated rings. The van der Waals surface area contributed by atoms with Crippen molar-refractivity contribution in [3.8, 4) is 0 Å². The third kappa shape index (κ3) is 6.59. The standard InChI is InChI=1S/C28H41NO4Si/c1-9-25(22(21-30)20-29(8)26(31)32-27(2,3)4)33-34(28(5,6)7,23-16-12-10-13-17-23)24-18-14-11-15-19-24/h9-19,22,25,30H,1,20-21H2,2-8H3/t22-,25-/m0/s1. The van der Waals surface area contributed by atoms with Gasteiger partial charge in [-0.1, -0.05) is 87.5 Å². The fraction of sp³-hybridized carbons (Fsp3) is 0.464. The average molecular weight is 484 g/mol. The lowest BCUT2D eigenvalue weighted by atomic mass is 10.0. The van der Waals surface area contributed by atoms with Crippen LogP contribution in [0.4, 0.5) is 4.79 Å². The number of aliphatic hydroxyl groups excluding tert-OH is 1. The monoisotopic (exact) mass is 483 g/mol. The zero-order valence-corrected chi connectivity index (χ0v) is 22.7. The Morgan fingerprint density at radius 2 is 1.47 bits per heavy atom. The van der Waals surface area contributed by atoms with Crippen molar-refractivity contribution in [3.63, 3.8) is 0 Å². The van der Waals surface area contributed by atoms with E-state index in [1.807, 2.05) is 57.2 Å². The van der Waals surface area contributed by atoms with Crippen molar-refractivity contribution in [1.29, 1.82) is 0 Å². The first-order chi connectivity index (χ1) is 15.9. The number of nitrogens with zero attached hydrogens (tertiary/aromatic N) is 1. The van der Waals surface area contributed by atoms with E-state index in [0.29, 0.717) is 0 Å². The predicted octanol–water partition coefficient (Wildman–Crippen LogP) is 4.59. The van der Waals surface area contributed by atoms with Gasteiger partial charge in [-0.3, -0.25) is 0 Å². The SMILES string of the molecule is C=C[C@H](O[Si](c1ccccc1)(c1ccccc1)C(C)(C)C)[C@H](CO)CN(C)C(=O)OC(C)(C)C. The summed E-state index contributed by atoms with van der Waals surface area (Å²) in [6, 6.07) is 20.7. The van der Waals surface area contributed by atoms with Gasteiger partial charge in [-0.2, -0.15) is 0 Å². The van der Waals surface area contributed by atoms with Crippen molar-refractivity contribution in [2.24, 2.45) is 5.92 Å². The van der Waals surface area contributed by atoms with E-state index in [-0.39, 0.29) is 24.1 Å². The Bertz CT molecular complexity index is 879. The molecule has 0 unspecified atom stereocenters. The van der Waals surface area contributed by atoms with Crippen LogP contribution in [0.5, 0.6) is 0 Å². The Morgan fingerprint density at radius 1 is 1.00 bits per heavy atom. The minimum absolute atomic E-state index is 0.151. The molecule has 0 heterocycles. The van der Waals surface area contributed by atoms with Crippen LogP contribution in [-0.4, -0.2) is 56.3 Å². The molecule has 1 N–H and O–H groups in total. The van der Waals surface area contributed by atoms with E-state index in [1.165, 1.54) is 4.90 Å². The van der Waals surface area contributed by atoms with E-state index >= 15 is 0 Å². The van der Waals surface area contributed by atoms with Gasteiger partial charge in [0.1, 0.15) is 5.60 Å². The Morgan fingerprint density at radius 3 is 1.82 bits per heavy atom. The molecule has 0 bridgehead atoms. The van der Waals surface area contributed by atoms with E-state index in [2.05, 4.69) is 51.6 Å². The van der Waals surface area contributed by atoms with Crippen LogP contribution >= 0.6 is 0 Å². The lowest BCUT2D eigenvalue weighted by molar-refractivity contribution is 0.0193. The molecule has 0 aromatic heterocycles. The molecule has 0 aliphatic heterocycles. The molecular weight excluding hydrogens is 442 g/mol. The van der Waals surface area contributed by atoms with Crippen LogP contribution in [0.3, 0.4) is 0 Å². The number of hydrogen-bond donors (Lipinski definition) is 1. The van der Waals surface area contributed by atoms with E-state index in [4.69, 9.17) is 9.16 Å². The van der Waals surface area contributed by atoms with Gasteiger partial charge in [-0.15, -0.1) is 6.58 Å². The minimum Gasteiger partial charge on any atom is -0.444 e. The van der Waals surface area contributed by atoms with E-state index in [0.717, 1.165) is 10.4 Å². The van der Waals surface area contributed by atoms with Crippen molar-refractivity contribution in [3.05, 3.63) is 73.3 Å². The van der Waals surface area contributed by atoms with Gasteiger partial charge in [-0.05, 0) is 36.2 Å². The Hall–Kier alpha value is -2.41. The van der Waals surface area contributed by atoms with Crippen molar-refractivity contribution in [2.75, 3.05) is 20.2 Å². The van der Waals surface area contributed by atoms with Crippen molar-refractivity contribution >= 4 is 24.8 Å². The molecule has 186 valence electrons. The summed E-state index contributed by atoms with van der Waals surface area (Å²) >= 11 is 0. The van der Waals surface area contributed by atoms with Gasteiger partial charge in [0.25, 0.3) is 8.32 Å². The highest BCUT2D eigenvalue weighted by Gasteiger charge is 2.51. The second kappa shape index (κ2) is 11.3. The van der Waals surface area contributed by atoms with Gasteiger partial charge >= 0.3 is 6.09 Å². The summed E-state index contributed by atoms with van der Waals surface area (Å²) in [7, 11) is -1.17. The fourth-order valence-electron chi connectivity index (χ4n) is 4.26. The number of ether oxygens (including phenoxy) is 1. The molecule has 34 heavy (non-hydrogen) atoms. The van der Waals surface area contributed by atoms with Crippen LogP contribution in [0, 0.1) is 5.92 Å². The van der Waals surface area contributed by atoms with Gasteiger partial charge in [0.05, 0.1) is 12.7 Å². The van der Waals surface area contributed by atoms with Crippen LogP contribution in [0.1, 0.15) is 41.5 Å². The third-order valence-corrected chi connectivity index (χ3v) is 10.9. The lowest BCUT2D eigenvalue weighted by Gasteiger charge is -2.46. The summed E-state index contributed by atoms with van der Waals surface area (Å²) < 4.78 is 12.6. The first-order valence-corrected chi connectivity index (χ1v) is 13.7. The maximum Gasteiger partial charge on any atom is 0.410 e. The predicted molar refractivity (Wildman–Crippen MR) is 142 cm³/mol. The Balaban J connectivity index is 2.49. The fourth-order valence-corrected chi connectivity index (χ4v) is 8.98. The second-order valence-electron chi connectivity index (χ2n) is 10.8. The average Bonchev–Trinajstić information content (AvgIpc) is 2.77. The van der Waals surface area contributed by atoms with Crippen LogP contribution in [0.2, 0.25) is 5.04 Å². The first-order valence-electron chi connectivity index (χ1n) is 11.8. The third-order valence-electron chi connectivity index (χ3n) is 5.87. The van der Waals surface area contributed by atoms with Gasteiger partial charge in [0, 0.05) is 19.5 Å². The van der Waals surface area contributed by atoms with Crippen LogP contribution in [0.15, 0.2) is 73.3 Å².